The fourth-order valence-electron chi connectivity index (χ4n) is 2.76. The van der Waals surface area contributed by atoms with Gasteiger partial charge >= 0.3 is 0 Å². The van der Waals surface area contributed by atoms with Crippen LogP contribution in [0.25, 0.3) is 0 Å². The van der Waals surface area contributed by atoms with Crippen molar-refractivity contribution in [3.63, 3.8) is 0 Å². The van der Waals surface area contributed by atoms with Gasteiger partial charge in [0, 0.05) is 24.7 Å². The quantitative estimate of drug-likeness (QED) is 0.626. The lowest BCUT2D eigenvalue weighted by atomic mass is 10.1. The molecule has 0 bridgehead atoms. The van der Waals surface area contributed by atoms with E-state index in [-0.39, 0.29) is 10.6 Å². The summed E-state index contributed by atoms with van der Waals surface area (Å²) in [5, 5.41) is 14.8. The molecule has 8 nitrogen and oxygen atoms in total. The maximum atomic E-state index is 12.8. The smallest absolute Gasteiger partial charge is 0.270 e. The summed E-state index contributed by atoms with van der Waals surface area (Å²) in [6, 6.07) is 6.39. The molecule has 2 aromatic rings. The van der Waals surface area contributed by atoms with Gasteiger partial charge in [-0.1, -0.05) is 11.2 Å². The highest BCUT2D eigenvalue weighted by atomic mass is 32.2. The van der Waals surface area contributed by atoms with Crippen molar-refractivity contribution in [3.8, 4) is 0 Å². The zero-order valence-corrected chi connectivity index (χ0v) is 13.2. The lowest BCUT2D eigenvalue weighted by Gasteiger charge is -2.22. The SMILES string of the molecule is Cc1cc([C@@H]2CCCN2S(=O)(=O)c2cccc([N+](=O)[O-])c2)no1. The molecule has 122 valence electrons. The average Bonchev–Trinajstić information content (AvgIpc) is 3.16. The van der Waals surface area contributed by atoms with Crippen LogP contribution in [-0.2, 0) is 10.0 Å². The average molecular weight is 337 g/mol. The first-order valence-corrected chi connectivity index (χ1v) is 8.53. The molecule has 0 amide bonds. The molecule has 0 spiro atoms. The van der Waals surface area contributed by atoms with Crippen LogP contribution in [0, 0.1) is 17.0 Å². The second-order valence-corrected chi connectivity index (χ2v) is 7.28. The number of aromatic nitrogens is 1. The molecule has 3 rings (SSSR count). The van der Waals surface area contributed by atoms with Crippen molar-refractivity contribution >= 4 is 15.7 Å². The number of nitrogens with zero attached hydrogens (tertiary/aromatic N) is 3. The summed E-state index contributed by atoms with van der Waals surface area (Å²) in [6.45, 7) is 2.09. The summed E-state index contributed by atoms with van der Waals surface area (Å²) in [4.78, 5) is 10.2. The van der Waals surface area contributed by atoms with E-state index in [1.807, 2.05) is 0 Å². The normalized spacial score (nSPS) is 19.1. The summed E-state index contributed by atoms with van der Waals surface area (Å²) >= 11 is 0. The van der Waals surface area contributed by atoms with Gasteiger partial charge in [0.1, 0.15) is 11.5 Å². The highest BCUT2D eigenvalue weighted by Gasteiger charge is 2.38. The molecule has 0 radical (unpaired) electrons. The monoisotopic (exact) mass is 337 g/mol. The van der Waals surface area contributed by atoms with E-state index in [1.54, 1.807) is 13.0 Å². The predicted octanol–water partition coefficient (Wildman–Crippen LogP) is 2.42. The maximum absolute atomic E-state index is 12.8. The molecule has 1 atom stereocenters. The van der Waals surface area contributed by atoms with Crippen LogP contribution in [-0.4, -0.2) is 29.3 Å². The zero-order valence-electron chi connectivity index (χ0n) is 12.4. The van der Waals surface area contributed by atoms with Crippen molar-refractivity contribution < 1.29 is 17.9 Å². The lowest BCUT2D eigenvalue weighted by Crippen LogP contribution is -2.30. The maximum Gasteiger partial charge on any atom is 0.270 e. The van der Waals surface area contributed by atoms with Crippen LogP contribution in [0.1, 0.15) is 30.3 Å². The molecule has 2 heterocycles. The molecule has 1 fully saturated rings. The van der Waals surface area contributed by atoms with Gasteiger partial charge in [0.2, 0.25) is 10.0 Å². The Bertz CT molecular complexity index is 846. The molecule has 23 heavy (non-hydrogen) atoms. The summed E-state index contributed by atoms with van der Waals surface area (Å²) < 4.78 is 32.1. The lowest BCUT2D eigenvalue weighted by molar-refractivity contribution is -0.385. The van der Waals surface area contributed by atoms with Crippen LogP contribution in [0.2, 0.25) is 0 Å². The van der Waals surface area contributed by atoms with Crippen LogP contribution in [0.3, 0.4) is 0 Å². The van der Waals surface area contributed by atoms with E-state index in [0.29, 0.717) is 30.8 Å². The first-order chi connectivity index (χ1) is 10.9. The highest BCUT2D eigenvalue weighted by Crippen LogP contribution is 2.36. The van der Waals surface area contributed by atoms with Crippen molar-refractivity contribution in [2.45, 2.75) is 30.7 Å². The van der Waals surface area contributed by atoms with Gasteiger partial charge in [-0.15, -0.1) is 0 Å². The number of sulfonamides is 1. The molecule has 0 unspecified atom stereocenters. The Morgan fingerprint density at radius 3 is 2.83 bits per heavy atom. The van der Waals surface area contributed by atoms with Crippen molar-refractivity contribution in [3.05, 3.63) is 51.9 Å². The summed E-state index contributed by atoms with van der Waals surface area (Å²) in [5.74, 6) is 0.611. The number of hydrogen-bond acceptors (Lipinski definition) is 6. The number of nitro groups is 1. The van der Waals surface area contributed by atoms with E-state index < -0.39 is 21.0 Å². The third-order valence-electron chi connectivity index (χ3n) is 3.83. The van der Waals surface area contributed by atoms with Crippen LogP contribution in [0.15, 0.2) is 39.8 Å². The molecule has 1 aliphatic heterocycles. The van der Waals surface area contributed by atoms with Crippen LogP contribution in [0.4, 0.5) is 5.69 Å². The second kappa shape index (κ2) is 5.74. The first kappa shape index (κ1) is 15.6. The minimum Gasteiger partial charge on any atom is -0.361 e. The van der Waals surface area contributed by atoms with E-state index in [0.717, 1.165) is 6.07 Å². The number of aryl methyl sites for hydroxylation is 1. The Kier molecular flexibility index (Phi) is 3.90. The van der Waals surface area contributed by atoms with Gasteiger partial charge in [0.15, 0.2) is 0 Å². The first-order valence-electron chi connectivity index (χ1n) is 7.09. The highest BCUT2D eigenvalue weighted by molar-refractivity contribution is 7.89. The van der Waals surface area contributed by atoms with E-state index in [2.05, 4.69) is 5.16 Å². The largest absolute Gasteiger partial charge is 0.361 e. The van der Waals surface area contributed by atoms with Crippen LogP contribution >= 0.6 is 0 Å². The summed E-state index contributed by atoms with van der Waals surface area (Å²) in [7, 11) is -3.84. The van der Waals surface area contributed by atoms with Gasteiger partial charge in [0.05, 0.1) is 15.9 Å². The van der Waals surface area contributed by atoms with E-state index >= 15 is 0 Å². The molecule has 9 heteroatoms. The number of nitro benzene ring substituents is 1. The van der Waals surface area contributed by atoms with Crippen molar-refractivity contribution in [2.75, 3.05) is 6.54 Å². The Hall–Kier alpha value is -2.26. The minimum absolute atomic E-state index is 0.0844. The molecule has 1 aromatic carbocycles. The van der Waals surface area contributed by atoms with E-state index in [1.165, 1.54) is 22.5 Å². The fourth-order valence-corrected chi connectivity index (χ4v) is 4.47. The van der Waals surface area contributed by atoms with E-state index in [9.17, 15) is 18.5 Å². The number of non-ortho nitro benzene ring substituents is 1. The van der Waals surface area contributed by atoms with Crippen molar-refractivity contribution in [1.82, 2.24) is 9.46 Å². The molecule has 0 saturated carbocycles. The standard InChI is InChI=1S/C14H15N3O5S/c1-10-8-13(15-22-10)14-6-3-7-16(14)23(20,21)12-5-2-4-11(9-12)17(18)19/h2,4-5,8-9,14H,3,6-7H2,1H3/t14-/m0/s1. The van der Waals surface area contributed by atoms with Gasteiger partial charge in [-0.25, -0.2) is 8.42 Å². The molecule has 1 saturated heterocycles. The molecule has 0 aliphatic carbocycles. The van der Waals surface area contributed by atoms with Gasteiger partial charge in [-0.2, -0.15) is 4.31 Å². The van der Waals surface area contributed by atoms with Crippen LogP contribution < -0.4 is 0 Å². The Balaban J connectivity index is 1.98. The molecular formula is C14H15N3O5S. The predicted molar refractivity (Wildman–Crippen MR) is 80.2 cm³/mol. The van der Waals surface area contributed by atoms with Gasteiger partial charge in [0.25, 0.3) is 5.69 Å². The Labute approximate surface area is 132 Å². The molecule has 0 N–H and O–H groups in total. The number of hydrogen-bond donors (Lipinski definition) is 0. The van der Waals surface area contributed by atoms with Gasteiger partial charge in [-0.05, 0) is 25.8 Å². The zero-order chi connectivity index (χ0) is 16.6. The Morgan fingerprint density at radius 2 is 2.17 bits per heavy atom. The van der Waals surface area contributed by atoms with Crippen molar-refractivity contribution in [1.29, 1.82) is 0 Å². The molecule has 1 aromatic heterocycles. The Morgan fingerprint density at radius 1 is 1.39 bits per heavy atom. The molecular weight excluding hydrogens is 322 g/mol. The minimum atomic E-state index is -3.84. The van der Waals surface area contributed by atoms with Crippen molar-refractivity contribution in [2.24, 2.45) is 0 Å². The second-order valence-electron chi connectivity index (χ2n) is 5.39. The van der Waals surface area contributed by atoms with E-state index in [4.69, 9.17) is 4.52 Å². The third kappa shape index (κ3) is 2.84. The van der Waals surface area contributed by atoms with Gasteiger partial charge < -0.3 is 4.52 Å². The summed E-state index contributed by atoms with van der Waals surface area (Å²) in [5.41, 5.74) is 0.313. The fraction of sp³-hybridized carbons (Fsp3) is 0.357. The molecule has 1 aliphatic rings. The topological polar surface area (TPSA) is 107 Å². The summed E-state index contributed by atoms with van der Waals surface area (Å²) in [6.07, 6.45) is 1.34. The third-order valence-corrected chi connectivity index (χ3v) is 5.73. The number of benzene rings is 1. The number of rotatable bonds is 4. The van der Waals surface area contributed by atoms with Gasteiger partial charge in [-0.3, -0.25) is 10.1 Å². The van der Waals surface area contributed by atoms with Crippen LogP contribution in [0.5, 0.6) is 0 Å².